The van der Waals surface area contributed by atoms with E-state index in [9.17, 15) is 15.2 Å². The van der Waals surface area contributed by atoms with Crippen LogP contribution in [-0.2, 0) is 6.54 Å². The van der Waals surface area contributed by atoms with Gasteiger partial charge in [0.25, 0.3) is 5.69 Å². The van der Waals surface area contributed by atoms with E-state index in [0.29, 0.717) is 12.4 Å². The Bertz CT molecular complexity index is 687. The molecule has 2 rings (SSSR count). The first kappa shape index (κ1) is 17.2. The average molecular weight is 336 g/mol. The van der Waals surface area contributed by atoms with Crippen LogP contribution in [0, 0.1) is 10.1 Å². The molecular weight excluding hydrogens is 318 g/mol. The lowest BCUT2D eigenvalue weighted by molar-refractivity contribution is -0.385. The van der Waals surface area contributed by atoms with Crippen LogP contribution in [0.2, 0.25) is 5.02 Å². The lowest BCUT2D eigenvalue weighted by Crippen LogP contribution is -2.39. The Morgan fingerprint density at radius 1 is 1.35 bits per heavy atom. The number of nitro groups is 1. The minimum Gasteiger partial charge on any atom is -0.389 e. The highest BCUT2D eigenvalue weighted by molar-refractivity contribution is 6.33. The summed E-state index contributed by atoms with van der Waals surface area (Å²) in [6.45, 7) is 4.14. The number of halogens is 1. The number of nitrogens with zero attached hydrogens (tertiary/aromatic N) is 3. The minimum atomic E-state index is -0.971. The monoisotopic (exact) mass is 335 g/mol. The second kappa shape index (κ2) is 6.93. The first-order chi connectivity index (χ1) is 10.8. The molecule has 0 saturated carbocycles. The molecule has 1 aromatic heterocycles. The van der Waals surface area contributed by atoms with Gasteiger partial charge in [-0.3, -0.25) is 10.1 Å². The van der Waals surface area contributed by atoms with E-state index < -0.39 is 10.5 Å². The van der Waals surface area contributed by atoms with Gasteiger partial charge in [-0.1, -0.05) is 41.9 Å². The van der Waals surface area contributed by atoms with Gasteiger partial charge in [0.05, 0.1) is 15.5 Å². The fourth-order valence-corrected chi connectivity index (χ4v) is 2.51. The minimum absolute atomic E-state index is 0.165. The van der Waals surface area contributed by atoms with Gasteiger partial charge in [-0.25, -0.2) is 4.98 Å². The molecule has 0 bridgehead atoms. The Morgan fingerprint density at radius 3 is 2.52 bits per heavy atom. The maximum absolute atomic E-state index is 10.8. The summed E-state index contributed by atoms with van der Waals surface area (Å²) in [5, 5.41) is 21.1. The van der Waals surface area contributed by atoms with E-state index in [2.05, 4.69) is 4.98 Å². The maximum atomic E-state index is 10.8. The number of pyridine rings is 1. The summed E-state index contributed by atoms with van der Waals surface area (Å²) in [5.41, 5.74) is -0.115. The molecule has 1 aromatic carbocycles. The van der Waals surface area contributed by atoms with Gasteiger partial charge in [-0.05, 0) is 19.4 Å². The lowest BCUT2D eigenvalue weighted by atomic mass is 10.1. The van der Waals surface area contributed by atoms with Gasteiger partial charge in [0.1, 0.15) is 12.0 Å². The van der Waals surface area contributed by atoms with E-state index in [1.807, 2.05) is 30.3 Å². The van der Waals surface area contributed by atoms with Gasteiger partial charge >= 0.3 is 0 Å². The third kappa shape index (κ3) is 4.91. The lowest BCUT2D eigenvalue weighted by Gasteiger charge is -2.30. The molecule has 0 amide bonds. The zero-order valence-corrected chi connectivity index (χ0v) is 13.7. The largest absolute Gasteiger partial charge is 0.389 e. The van der Waals surface area contributed by atoms with Gasteiger partial charge in [0, 0.05) is 19.2 Å². The number of anilines is 1. The Kier molecular flexibility index (Phi) is 5.18. The Balaban J connectivity index is 2.35. The molecule has 0 radical (unpaired) electrons. The number of rotatable bonds is 6. The summed E-state index contributed by atoms with van der Waals surface area (Å²) < 4.78 is 0. The van der Waals surface area contributed by atoms with Gasteiger partial charge in [-0.2, -0.15) is 0 Å². The fraction of sp³-hybridized carbons (Fsp3) is 0.312. The standard InChI is InChI=1S/C16H18ClN3O3/c1-16(2,21)11-19(10-12-6-4-3-5-7-12)15-14(17)8-13(9-18-15)20(22)23/h3-9,21H,10-11H2,1-2H3. The number of aliphatic hydroxyl groups is 1. The molecule has 7 heteroatoms. The first-order valence-electron chi connectivity index (χ1n) is 7.07. The van der Waals surface area contributed by atoms with Crippen molar-refractivity contribution in [2.75, 3.05) is 11.4 Å². The van der Waals surface area contributed by atoms with Crippen LogP contribution in [-0.4, -0.2) is 27.2 Å². The van der Waals surface area contributed by atoms with Crippen molar-refractivity contribution < 1.29 is 10.0 Å². The van der Waals surface area contributed by atoms with Crippen LogP contribution < -0.4 is 4.90 Å². The van der Waals surface area contributed by atoms with E-state index in [0.717, 1.165) is 5.56 Å². The third-order valence-corrected chi connectivity index (χ3v) is 3.39. The maximum Gasteiger partial charge on any atom is 0.289 e. The van der Waals surface area contributed by atoms with Crippen LogP contribution in [0.1, 0.15) is 19.4 Å². The van der Waals surface area contributed by atoms with Crippen molar-refractivity contribution in [3.63, 3.8) is 0 Å². The van der Waals surface area contributed by atoms with Crippen molar-refractivity contribution in [1.82, 2.24) is 4.98 Å². The van der Waals surface area contributed by atoms with Gasteiger partial charge in [0.2, 0.25) is 0 Å². The predicted molar refractivity (Wildman–Crippen MR) is 89.7 cm³/mol. The number of hydrogen-bond acceptors (Lipinski definition) is 5. The molecule has 0 aliphatic rings. The molecule has 6 nitrogen and oxygen atoms in total. The van der Waals surface area contributed by atoms with Crippen molar-refractivity contribution in [3.8, 4) is 0 Å². The molecule has 1 N–H and O–H groups in total. The zero-order valence-electron chi connectivity index (χ0n) is 12.9. The molecule has 2 aromatic rings. The van der Waals surface area contributed by atoms with Crippen molar-refractivity contribution in [3.05, 3.63) is 63.3 Å². The highest BCUT2D eigenvalue weighted by atomic mass is 35.5. The normalized spacial score (nSPS) is 11.3. The quantitative estimate of drug-likeness (QED) is 0.646. The van der Waals surface area contributed by atoms with Crippen molar-refractivity contribution in [2.24, 2.45) is 0 Å². The Morgan fingerprint density at radius 2 is 2.00 bits per heavy atom. The topological polar surface area (TPSA) is 79.5 Å². The van der Waals surface area contributed by atoms with Crippen LogP contribution >= 0.6 is 11.6 Å². The number of aromatic nitrogens is 1. The summed E-state index contributed by atoms with van der Waals surface area (Å²) in [7, 11) is 0. The van der Waals surface area contributed by atoms with Crippen LogP contribution in [0.15, 0.2) is 42.6 Å². The van der Waals surface area contributed by atoms with Crippen molar-refractivity contribution >= 4 is 23.1 Å². The fourth-order valence-electron chi connectivity index (χ4n) is 2.23. The van der Waals surface area contributed by atoms with E-state index in [4.69, 9.17) is 11.6 Å². The average Bonchev–Trinajstić information content (AvgIpc) is 2.46. The summed E-state index contributed by atoms with van der Waals surface area (Å²) in [4.78, 5) is 16.2. The SMILES string of the molecule is CC(C)(O)CN(Cc1ccccc1)c1ncc([N+](=O)[O-])cc1Cl. The van der Waals surface area contributed by atoms with Crippen LogP contribution in [0.4, 0.5) is 11.5 Å². The Labute approximate surface area is 139 Å². The van der Waals surface area contributed by atoms with Gasteiger partial charge < -0.3 is 10.0 Å². The molecule has 23 heavy (non-hydrogen) atoms. The molecular formula is C16H18ClN3O3. The molecule has 0 fully saturated rings. The smallest absolute Gasteiger partial charge is 0.289 e. The summed E-state index contributed by atoms with van der Waals surface area (Å²) in [6.07, 6.45) is 1.17. The summed E-state index contributed by atoms with van der Waals surface area (Å²) >= 11 is 6.17. The van der Waals surface area contributed by atoms with Crippen LogP contribution in [0.3, 0.4) is 0 Å². The zero-order chi connectivity index (χ0) is 17.0. The number of benzene rings is 1. The molecule has 0 unspecified atom stereocenters. The van der Waals surface area contributed by atoms with Crippen LogP contribution in [0.5, 0.6) is 0 Å². The highest BCUT2D eigenvalue weighted by Crippen LogP contribution is 2.29. The molecule has 0 saturated heterocycles. The van der Waals surface area contributed by atoms with Crippen molar-refractivity contribution in [2.45, 2.75) is 26.0 Å². The highest BCUT2D eigenvalue weighted by Gasteiger charge is 2.23. The predicted octanol–water partition coefficient (Wildman–Crippen LogP) is 3.42. The Hall–Kier alpha value is -2.18. The first-order valence-corrected chi connectivity index (χ1v) is 7.45. The molecule has 0 aliphatic heterocycles. The number of hydrogen-bond donors (Lipinski definition) is 1. The van der Waals surface area contributed by atoms with E-state index in [1.165, 1.54) is 12.3 Å². The van der Waals surface area contributed by atoms with E-state index in [-0.39, 0.29) is 17.3 Å². The molecule has 0 atom stereocenters. The third-order valence-electron chi connectivity index (χ3n) is 3.11. The van der Waals surface area contributed by atoms with E-state index in [1.54, 1.807) is 18.7 Å². The molecule has 122 valence electrons. The van der Waals surface area contributed by atoms with E-state index >= 15 is 0 Å². The molecule has 0 aliphatic carbocycles. The summed E-state index contributed by atoms with van der Waals surface area (Å²) in [6, 6.07) is 10.9. The van der Waals surface area contributed by atoms with Gasteiger partial charge in [-0.15, -0.1) is 0 Å². The van der Waals surface area contributed by atoms with Crippen LogP contribution in [0.25, 0.3) is 0 Å². The summed E-state index contributed by atoms with van der Waals surface area (Å²) in [5.74, 6) is 0.406. The van der Waals surface area contributed by atoms with Gasteiger partial charge in [0.15, 0.2) is 0 Å². The molecule has 0 spiro atoms. The second-order valence-corrected chi connectivity index (χ2v) is 6.32. The molecule has 1 heterocycles. The second-order valence-electron chi connectivity index (χ2n) is 5.91. The van der Waals surface area contributed by atoms with Crippen molar-refractivity contribution in [1.29, 1.82) is 0 Å².